The van der Waals surface area contributed by atoms with Gasteiger partial charge in [-0.3, -0.25) is 4.79 Å². The van der Waals surface area contributed by atoms with Crippen molar-refractivity contribution in [2.45, 2.75) is 244 Å². The van der Waals surface area contributed by atoms with Crippen LogP contribution in [0, 0.1) is 0 Å². The van der Waals surface area contributed by atoms with E-state index in [1.54, 1.807) is 0 Å². The second kappa shape index (κ2) is 39.0. The molecule has 4 atom stereocenters. The van der Waals surface area contributed by atoms with Crippen LogP contribution in [0.4, 0.5) is 0 Å². The van der Waals surface area contributed by atoms with Gasteiger partial charge in [0.1, 0.15) is 12.2 Å². The number of unbranched alkanes of at least 4 members (excludes halogenated alkanes) is 27. The summed E-state index contributed by atoms with van der Waals surface area (Å²) in [6.07, 6.45) is 43.4. The lowest BCUT2D eigenvalue weighted by molar-refractivity contribution is -0.132. The van der Waals surface area contributed by atoms with Crippen molar-refractivity contribution in [3.8, 4) is 0 Å². The number of carbonyl (C=O) groups excluding carboxylic acids is 1. The molecule has 0 bridgehead atoms. The minimum absolute atomic E-state index is 0.352. The molecule has 0 rings (SSSR count). The van der Waals surface area contributed by atoms with E-state index < -0.39 is 36.9 Å². The molecule has 0 aliphatic rings. The Labute approximate surface area is 310 Å². The Kier molecular flexibility index (Phi) is 38.1. The van der Waals surface area contributed by atoms with Gasteiger partial charge in [-0.1, -0.05) is 205 Å². The first-order valence-electron chi connectivity index (χ1n) is 21.7. The number of hydrogen-bond donors (Lipinski definition) is 5. The zero-order valence-corrected chi connectivity index (χ0v) is 33.2. The lowest BCUT2D eigenvalue weighted by Gasteiger charge is -2.27. The van der Waals surface area contributed by atoms with E-state index in [1.165, 1.54) is 128 Å². The molecule has 0 aliphatic heterocycles. The standard InChI is InChI=1S/C44H85NO5/c1-3-5-7-9-11-13-15-17-19-20-21-22-23-24-26-27-29-31-33-35-37-41(47)43(49)40(39-46)45-44(50)42(48)38-36-34-32-30-28-25-18-16-14-12-10-8-6-4-2/h12,14,16,18,40-43,46-49H,3-11,13,15,17,19-39H2,1-2H3,(H,45,50)/b14-12-,18-16-. The van der Waals surface area contributed by atoms with E-state index >= 15 is 0 Å². The number of aliphatic hydroxyl groups is 4. The minimum atomic E-state index is -1.26. The number of allylic oxidation sites excluding steroid dienone is 4. The van der Waals surface area contributed by atoms with Gasteiger partial charge in [0.2, 0.25) is 5.91 Å². The first kappa shape index (κ1) is 48.8. The maximum atomic E-state index is 12.5. The number of rotatable bonds is 39. The van der Waals surface area contributed by atoms with Crippen molar-refractivity contribution in [3.63, 3.8) is 0 Å². The lowest BCUT2D eigenvalue weighted by Crippen LogP contribution is -2.53. The van der Waals surface area contributed by atoms with Gasteiger partial charge in [-0.15, -0.1) is 0 Å². The van der Waals surface area contributed by atoms with E-state index in [1.807, 2.05) is 0 Å². The average Bonchev–Trinajstić information content (AvgIpc) is 3.12. The molecule has 50 heavy (non-hydrogen) atoms. The summed E-state index contributed by atoms with van der Waals surface area (Å²) in [7, 11) is 0. The zero-order valence-electron chi connectivity index (χ0n) is 33.2. The Morgan fingerprint density at radius 2 is 0.840 bits per heavy atom. The van der Waals surface area contributed by atoms with Crippen molar-refractivity contribution in [3.05, 3.63) is 24.3 Å². The molecule has 0 spiro atoms. The second-order valence-corrected chi connectivity index (χ2v) is 15.1. The predicted molar refractivity (Wildman–Crippen MR) is 214 cm³/mol. The summed E-state index contributed by atoms with van der Waals surface area (Å²) in [5.41, 5.74) is 0. The van der Waals surface area contributed by atoms with E-state index in [0.717, 1.165) is 64.2 Å². The fourth-order valence-electron chi connectivity index (χ4n) is 6.69. The highest BCUT2D eigenvalue weighted by Gasteiger charge is 2.28. The summed E-state index contributed by atoms with van der Waals surface area (Å²) in [6.45, 7) is 4.01. The summed E-state index contributed by atoms with van der Waals surface area (Å²) in [5.74, 6) is -0.595. The topological polar surface area (TPSA) is 110 Å². The second-order valence-electron chi connectivity index (χ2n) is 15.1. The summed E-state index contributed by atoms with van der Waals surface area (Å²) < 4.78 is 0. The Morgan fingerprint density at radius 1 is 0.500 bits per heavy atom. The molecule has 0 aliphatic carbocycles. The molecule has 0 saturated carbocycles. The van der Waals surface area contributed by atoms with E-state index in [9.17, 15) is 25.2 Å². The van der Waals surface area contributed by atoms with Crippen LogP contribution in [-0.4, -0.2) is 57.3 Å². The van der Waals surface area contributed by atoms with Crippen molar-refractivity contribution in [1.82, 2.24) is 5.32 Å². The van der Waals surface area contributed by atoms with Gasteiger partial charge in [-0.25, -0.2) is 0 Å². The maximum Gasteiger partial charge on any atom is 0.249 e. The smallest absolute Gasteiger partial charge is 0.249 e. The van der Waals surface area contributed by atoms with Gasteiger partial charge in [-0.2, -0.15) is 0 Å². The molecule has 0 aromatic carbocycles. The summed E-state index contributed by atoms with van der Waals surface area (Å²) in [5, 5.41) is 43.6. The molecule has 0 aromatic rings. The van der Waals surface area contributed by atoms with Crippen molar-refractivity contribution in [2.24, 2.45) is 0 Å². The van der Waals surface area contributed by atoms with Crippen LogP contribution >= 0.6 is 0 Å². The minimum Gasteiger partial charge on any atom is -0.394 e. The Balaban J connectivity index is 3.74. The Bertz CT molecular complexity index is 757. The molecule has 6 nitrogen and oxygen atoms in total. The molecule has 4 unspecified atom stereocenters. The lowest BCUT2D eigenvalue weighted by atomic mass is 9.99. The van der Waals surface area contributed by atoms with E-state index in [4.69, 9.17) is 0 Å². The molecular weight excluding hydrogens is 622 g/mol. The highest BCUT2D eigenvalue weighted by molar-refractivity contribution is 5.80. The van der Waals surface area contributed by atoms with Crippen LogP contribution in [0.2, 0.25) is 0 Å². The number of amides is 1. The fourth-order valence-corrected chi connectivity index (χ4v) is 6.69. The van der Waals surface area contributed by atoms with Gasteiger partial charge in [0.15, 0.2) is 0 Å². The molecule has 0 aromatic heterocycles. The van der Waals surface area contributed by atoms with Gasteiger partial charge < -0.3 is 25.7 Å². The molecule has 0 heterocycles. The van der Waals surface area contributed by atoms with Crippen molar-refractivity contribution < 1.29 is 25.2 Å². The third-order valence-electron chi connectivity index (χ3n) is 10.2. The number of hydrogen-bond acceptors (Lipinski definition) is 5. The zero-order chi connectivity index (χ0) is 36.8. The van der Waals surface area contributed by atoms with Gasteiger partial charge in [0.05, 0.1) is 18.8 Å². The van der Waals surface area contributed by atoms with Gasteiger partial charge in [0.25, 0.3) is 0 Å². The number of carbonyl (C=O) groups is 1. The van der Waals surface area contributed by atoms with Crippen LogP contribution in [0.3, 0.4) is 0 Å². The normalized spacial score (nSPS) is 14.4. The largest absolute Gasteiger partial charge is 0.394 e. The van der Waals surface area contributed by atoms with Crippen molar-refractivity contribution in [1.29, 1.82) is 0 Å². The third kappa shape index (κ3) is 32.7. The molecule has 1 amide bonds. The van der Waals surface area contributed by atoms with Crippen LogP contribution in [0.5, 0.6) is 0 Å². The van der Waals surface area contributed by atoms with Crippen LogP contribution < -0.4 is 5.32 Å². The van der Waals surface area contributed by atoms with E-state index in [-0.39, 0.29) is 0 Å². The van der Waals surface area contributed by atoms with Gasteiger partial charge >= 0.3 is 0 Å². The number of nitrogens with one attached hydrogen (secondary N) is 1. The maximum absolute atomic E-state index is 12.5. The molecule has 296 valence electrons. The highest BCUT2D eigenvalue weighted by atomic mass is 16.3. The molecule has 6 heteroatoms. The molecular formula is C44H85NO5. The molecule has 0 fully saturated rings. The highest BCUT2D eigenvalue weighted by Crippen LogP contribution is 2.17. The summed E-state index contributed by atoms with van der Waals surface area (Å²) in [4.78, 5) is 12.5. The van der Waals surface area contributed by atoms with E-state index in [0.29, 0.717) is 12.8 Å². The van der Waals surface area contributed by atoms with Crippen LogP contribution in [0.15, 0.2) is 24.3 Å². The Hall–Kier alpha value is -1.21. The van der Waals surface area contributed by atoms with Crippen LogP contribution in [0.1, 0.15) is 219 Å². The quantitative estimate of drug-likeness (QED) is 0.0323. The first-order chi connectivity index (χ1) is 24.5. The Morgan fingerprint density at radius 3 is 1.26 bits per heavy atom. The summed E-state index contributed by atoms with van der Waals surface area (Å²) >= 11 is 0. The monoisotopic (exact) mass is 708 g/mol. The van der Waals surface area contributed by atoms with Crippen LogP contribution in [-0.2, 0) is 4.79 Å². The third-order valence-corrected chi connectivity index (χ3v) is 10.2. The first-order valence-corrected chi connectivity index (χ1v) is 21.7. The number of aliphatic hydroxyl groups excluding tert-OH is 4. The van der Waals surface area contributed by atoms with Gasteiger partial charge in [0, 0.05) is 0 Å². The molecule has 0 radical (unpaired) electrons. The average molecular weight is 708 g/mol. The van der Waals surface area contributed by atoms with Gasteiger partial charge in [-0.05, 0) is 38.5 Å². The predicted octanol–water partition coefficient (Wildman–Crippen LogP) is 11.2. The van der Waals surface area contributed by atoms with E-state index in [2.05, 4.69) is 43.5 Å². The fraction of sp³-hybridized carbons (Fsp3) is 0.886. The molecule has 5 N–H and O–H groups in total. The SMILES string of the molecule is CCCCC/C=C\C=C/CCCCCCCC(O)C(=O)NC(CO)C(O)C(O)CCCCCCCCCCCCCCCCCCCCCC. The van der Waals surface area contributed by atoms with Crippen LogP contribution in [0.25, 0.3) is 0 Å². The van der Waals surface area contributed by atoms with Crippen molar-refractivity contribution in [2.75, 3.05) is 6.61 Å². The molecule has 0 saturated heterocycles. The van der Waals surface area contributed by atoms with Crippen molar-refractivity contribution >= 4 is 5.91 Å². The summed E-state index contributed by atoms with van der Waals surface area (Å²) in [6, 6.07) is -0.989.